The number of amides is 1. The van der Waals surface area contributed by atoms with Crippen LogP contribution in [0.5, 0.6) is 0 Å². The molecule has 2 rings (SSSR count). The van der Waals surface area contributed by atoms with Crippen molar-refractivity contribution in [1.29, 1.82) is 0 Å². The van der Waals surface area contributed by atoms with Crippen molar-refractivity contribution >= 4 is 17.6 Å². The van der Waals surface area contributed by atoms with E-state index in [1.807, 2.05) is 0 Å². The van der Waals surface area contributed by atoms with Crippen LogP contribution in [0.3, 0.4) is 0 Å². The van der Waals surface area contributed by atoms with Crippen molar-refractivity contribution in [3.63, 3.8) is 0 Å². The number of rotatable bonds is 4. The molecule has 1 saturated carbocycles. The van der Waals surface area contributed by atoms with E-state index in [0.717, 1.165) is 19.3 Å². The molecule has 0 aromatic heterocycles. The number of benzene rings is 1. The van der Waals surface area contributed by atoms with Gasteiger partial charge in [0.25, 0.3) is 0 Å². The third-order valence-corrected chi connectivity index (χ3v) is 4.17. The number of methoxy groups -OCH3 is 1. The fourth-order valence-corrected chi connectivity index (χ4v) is 2.48. The molecule has 0 spiro atoms. The van der Waals surface area contributed by atoms with E-state index in [2.05, 4.69) is 5.32 Å². The first-order chi connectivity index (χ1) is 9.54. The zero-order chi connectivity index (χ0) is 14.8. The first-order valence-electron chi connectivity index (χ1n) is 6.73. The number of hydrogen-bond donors (Lipinski definition) is 2. The molecule has 0 heterocycles. The molecule has 0 atom stereocenters. The zero-order valence-electron chi connectivity index (χ0n) is 11.9. The molecule has 1 aliphatic carbocycles. The van der Waals surface area contributed by atoms with E-state index in [1.165, 1.54) is 7.11 Å². The van der Waals surface area contributed by atoms with Crippen LogP contribution in [0.4, 0.5) is 5.69 Å². The van der Waals surface area contributed by atoms with Gasteiger partial charge in [-0.05, 0) is 37.5 Å². The first kappa shape index (κ1) is 14.5. The van der Waals surface area contributed by atoms with Gasteiger partial charge in [0.2, 0.25) is 5.91 Å². The van der Waals surface area contributed by atoms with Crippen LogP contribution in [-0.2, 0) is 9.53 Å². The van der Waals surface area contributed by atoms with Gasteiger partial charge in [0.05, 0.1) is 18.1 Å². The fraction of sp³-hybridized carbons (Fsp3) is 0.467. The minimum Gasteiger partial charge on any atom is -0.465 e. The summed E-state index contributed by atoms with van der Waals surface area (Å²) in [4.78, 5) is 24.0. The molecule has 0 aliphatic heterocycles. The number of nitrogens with one attached hydrogen (secondary N) is 1. The van der Waals surface area contributed by atoms with Gasteiger partial charge in [-0.3, -0.25) is 4.79 Å². The minimum atomic E-state index is -0.437. The monoisotopic (exact) mass is 276 g/mol. The van der Waals surface area contributed by atoms with E-state index in [9.17, 15) is 9.59 Å². The molecular formula is C15H20N2O3. The Kier molecular flexibility index (Phi) is 4.09. The van der Waals surface area contributed by atoms with Crippen LogP contribution < -0.4 is 11.1 Å². The average molecular weight is 276 g/mol. The predicted octanol–water partition coefficient (Wildman–Crippen LogP) is 1.85. The van der Waals surface area contributed by atoms with Crippen LogP contribution in [-0.4, -0.2) is 25.5 Å². The Balaban J connectivity index is 2.22. The maximum Gasteiger partial charge on any atom is 0.338 e. The summed E-state index contributed by atoms with van der Waals surface area (Å²) in [6.45, 7) is 2.15. The summed E-state index contributed by atoms with van der Waals surface area (Å²) in [5.41, 5.74) is 7.09. The van der Waals surface area contributed by atoms with Gasteiger partial charge in [0.15, 0.2) is 0 Å². The molecule has 1 amide bonds. The van der Waals surface area contributed by atoms with Crippen LogP contribution in [0, 0.1) is 12.3 Å². The van der Waals surface area contributed by atoms with Crippen molar-refractivity contribution in [3.05, 3.63) is 29.3 Å². The van der Waals surface area contributed by atoms with Gasteiger partial charge >= 0.3 is 5.97 Å². The summed E-state index contributed by atoms with van der Waals surface area (Å²) in [7, 11) is 1.34. The molecule has 108 valence electrons. The van der Waals surface area contributed by atoms with Gasteiger partial charge in [0.1, 0.15) is 0 Å². The van der Waals surface area contributed by atoms with Crippen LogP contribution in [0.2, 0.25) is 0 Å². The number of esters is 1. The summed E-state index contributed by atoms with van der Waals surface area (Å²) in [5, 5.41) is 2.90. The molecule has 1 aromatic carbocycles. The molecule has 1 aliphatic rings. The third-order valence-electron chi connectivity index (χ3n) is 4.17. The standard InChI is InChI=1S/C15H20N2O3/c1-10-11(13(18)20-2)5-3-6-12(10)17-14(19)15(9-16)7-4-8-15/h3,5-6H,4,7-9,16H2,1-2H3,(H,17,19). The van der Waals surface area contributed by atoms with Gasteiger partial charge < -0.3 is 15.8 Å². The molecule has 0 unspecified atom stereocenters. The van der Waals surface area contributed by atoms with E-state index in [4.69, 9.17) is 10.5 Å². The Hall–Kier alpha value is -1.88. The smallest absolute Gasteiger partial charge is 0.338 e. The SMILES string of the molecule is COC(=O)c1cccc(NC(=O)C2(CN)CCC2)c1C. The largest absolute Gasteiger partial charge is 0.465 e. The second-order valence-corrected chi connectivity index (χ2v) is 5.26. The van der Waals surface area contributed by atoms with Crippen molar-refractivity contribution in [2.24, 2.45) is 11.1 Å². The van der Waals surface area contributed by atoms with Crippen LogP contribution >= 0.6 is 0 Å². The molecule has 0 radical (unpaired) electrons. The molecular weight excluding hydrogens is 256 g/mol. The van der Waals surface area contributed by atoms with Gasteiger partial charge in [-0.1, -0.05) is 12.5 Å². The summed E-state index contributed by atoms with van der Waals surface area (Å²) >= 11 is 0. The minimum absolute atomic E-state index is 0.0589. The van der Waals surface area contributed by atoms with E-state index in [1.54, 1.807) is 25.1 Å². The lowest BCUT2D eigenvalue weighted by Crippen LogP contribution is -2.47. The Morgan fingerprint density at radius 2 is 2.10 bits per heavy atom. The molecule has 1 aromatic rings. The molecule has 3 N–H and O–H groups in total. The number of carbonyl (C=O) groups is 2. The highest BCUT2D eigenvalue weighted by molar-refractivity contribution is 5.99. The molecule has 0 bridgehead atoms. The van der Waals surface area contributed by atoms with E-state index in [-0.39, 0.29) is 5.91 Å². The second-order valence-electron chi connectivity index (χ2n) is 5.26. The molecule has 5 heteroatoms. The highest BCUT2D eigenvalue weighted by Crippen LogP contribution is 2.41. The Morgan fingerprint density at radius 3 is 2.60 bits per heavy atom. The summed E-state index contributed by atoms with van der Waals surface area (Å²) in [6, 6.07) is 5.19. The lowest BCUT2D eigenvalue weighted by molar-refractivity contribution is -0.129. The molecule has 20 heavy (non-hydrogen) atoms. The number of ether oxygens (including phenoxy) is 1. The number of nitrogens with two attached hydrogens (primary N) is 1. The third kappa shape index (κ3) is 2.41. The van der Waals surface area contributed by atoms with Gasteiger partial charge in [-0.2, -0.15) is 0 Å². The molecule has 0 saturated heterocycles. The van der Waals surface area contributed by atoms with Crippen LogP contribution in [0.25, 0.3) is 0 Å². The van der Waals surface area contributed by atoms with E-state index in [0.29, 0.717) is 23.4 Å². The highest BCUT2D eigenvalue weighted by Gasteiger charge is 2.42. The van der Waals surface area contributed by atoms with Crippen molar-refractivity contribution in [1.82, 2.24) is 0 Å². The Morgan fingerprint density at radius 1 is 1.40 bits per heavy atom. The van der Waals surface area contributed by atoms with Crippen LogP contribution in [0.1, 0.15) is 35.2 Å². The molecule has 5 nitrogen and oxygen atoms in total. The van der Waals surface area contributed by atoms with Crippen molar-refractivity contribution in [2.75, 3.05) is 19.0 Å². The zero-order valence-corrected chi connectivity index (χ0v) is 11.9. The number of carbonyl (C=O) groups excluding carboxylic acids is 2. The van der Waals surface area contributed by atoms with Crippen molar-refractivity contribution in [3.8, 4) is 0 Å². The summed E-state index contributed by atoms with van der Waals surface area (Å²) in [5.74, 6) is -0.466. The number of hydrogen-bond acceptors (Lipinski definition) is 4. The average Bonchev–Trinajstić information content (AvgIpc) is 2.39. The molecule has 1 fully saturated rings. The van der Waals surface area contributed by atoms with E-state index >= 15 is 0 Å². The lowest BCUT2D eigenvalue weighted by Gasteiger charge is -2.39. The summed E-state index contributed by atoms with van der Waals surface area (Å²) in [6.07, 6.45) is 2.68. The van der Waals surface area contributed by atoms with E-state index < -0.39 is 11.4 Å². The first-order valence-corrected chi connectivity index (χ1v) is 6.73. The fourth-order valence-electron chi connectivity index (χ4n) is 2.48. The normalized spacial score (nSPS) is 16.1. The second kappa shape index (κ2) is 5.63. The predicted molar refractivity (Wildman–Crippen MR) is 76.5 cm³/mol. The highest BCUT2D eigenvalue weighted by atomic mass is 16.5. The lowest BCUT2D eigenvalue weighted by atomic mass is 9.68. The summed E-state index contributed by atoms with van der Waals surface area (Å²) < 4.78 is 4.73. The van der Waals surface area contributed by atoms with Crippen molar-refractivity contribution < 1.29 is 14.3 Å². The topological polar surface area (TPSA) is 81.4 Å². The Bertz CT molecular complexity index is 530. The van der Waals surface area contributed by atoms with Gasteiger partial charge in [0, 0.05) is 12.2 Å². The Labute approximate surface area is 118 Å². The van der Waals surface area contributed by atoms with Crippen LogP contribution in [0.15, 0.2) is 18.2 Å². The van der Waals surface area contributed by atoms with Gasteiger partial charge in [-0.25, -0.2) is 4.79 Å². The van der Waals surface area contributed by atoms with Crippen molar-refractivity contribution in [2.45, 2.75) is 26.2 Å². The quantitative estimate of drug-likeness (QED) is 0.822. The number of anilines is 1. The maximum absolute atomic E-state index is 12.3. The maximum atomic E-state index is 12.3. The van der Waals surface area contributed by atoms with Gasteiger partial charge in [-0.15, -0.1) is 0 Å².